The van der Waals surface area contributed by atoms with Gasteiger partial charge in [0.25, 0.3) is 0 Å². The third-order valence-corrected chi connectivity index (χ3v) is 5.44. The van der Waals surface area contributed by atoms with E-state index in [0.29, 0.717) is 0 Å². The molecule has 1 aliphatic rings. The molecule has 3 heteroatoms. The normalized spacial score (nSPS) is 15.9. The molecule has 2 nitrogen and oxygen atoms in total. The van der Waals surface area contributed by atoms with E-state index in [1.165, 1.54) is 16.7 Å². The maximum absolute atomic E-state index is 6.63. The van der Waals surface area contributed by atoms with Crippen molar-refractivity contribution in [3.05, 3.63) is 76.6 Å². The zero-order valence-corrected chi connectivity index (χ0v) is 16.4. The Kier molecular flexibility index (Phi) is 4.39. The largest absolute Gasteiger partial charge is 0.396 e. The third-order valence-electron chi connectivity index (χ3n) is 5.44. The average Bonchev–Trinajstić information content (AvgIpc) is 3.09. The van der Waals surface area contributed by atoms with Crippen molar-refractivity contribution in [3.63, 3.8) is 0 Å². The molecule has 2 heterocycles. The van der Waals surface area contributed by atoms with E-state index < -0.39 is 0 Å². The van der Waals surface area contributed by atoms with Gasteiger partial charge in [0, 0.05) is 27.9 Å². The molecule has 0 unspecified atom stereocenters. The van der Waals surface area contributed by atoms with Gasteiger partial charge in [-0.2, -0.15) is 0 Å². The zero-order valence-electron chi connectivity index (χ0n) is 16.4. The Hall–Kier alpha value is -2.81. The summed E-state index contributed by atoms with van der Waals surface area (Å²) in [6.07, 6.45) is 3.13. The minimum atomic E-state index is 0.996. The highest BCUT2D eigenvalue weighted by Crippen LogP contribution is 2.36. The van der Waals surface area contributed by atoms with Crippen molar-refractivity contribution in [1.82, 2.24) is 4.48 Å². The van der Waals surface area contributed by atoms with Crippen molar-refractivity contribution in [1.29, 1.82) is 0 Å². The fraction of sp³-hybridized carbons (Fsp3) is 0.208. The Morgan fingerprint density at radius 3 is 2.41 bits per heavy atom. The van der Waals surface area contributed by atoms with Crippen LogP contribution in [0.3, 0.4) is 0 Å². The molecule has 0 fully saturated rings. The number of rotatable bonds is 3. The lowest BCUT2D eigenvalue weighted by Crippen LogP contribution is -1.98. The van der Waals surface area contributed by atoms with Crippen molar-refractivity contribution < 1.29 is 0 Å². The highest BCUT2D eigenvalue weighted by Gasteiger charge is 2.19. The quantitative estimate of drug-likeness (QED) is 0.509. The standard InChI is InChI=1S/C24H23BN2/c1-5-19-16(3)22(26-17(19)4)14-23-21-13-15(2)11-12-20(21)24(27(23)25)18-9-7-6-8-10-18/h6-14H,5H2,1-4H3/b22-14-. The molecule has 132 valence electrons. The minimum absolute atomic E-state index is 0.996. The summed E-state index contributed by atoms with van der Waals surface area (Å²) >= 11 is 0. The average molecular weight is 350 g/mol. The van der Waals surface area contributed by atoms with Crippen LogP contribution in [-0.2, 0) is 0 Å². The van der Waals surface area contributed by atoms with E-state index in [9.17, 15) is 0 Å². The van der Waals surface area contributed by atoms with Crippen LogP contribution in [0.5, 0.6) is 0 Å². The number of allylic oxidation sites excluding steroid dienone is 2. The van der Waals surface area contributed by atoms with Crippen LogP contribution < -0.4 is 0 Å². The zero-order chi connectivity index (χ0) is 19.1. The van der Waals surface area contributed by atoms with Crippen LogP contribution in [0.2, 0.25) is 0 Å². The van der Waals surface area contributed by atoms with Gasteiger partial charge in [-0.1, -0.05) is 55.0 Å². The second-order valence-corrected chi connectivity index (χ2v) is 7.20. The number of aromatic nitrogens is 1. The van der Waals surface area contributed by atoms with E-state index in [1.54, 1.807) is 0 Å². The van der Waals surface area contributed by atoms with E-state index in [1.807, 2.05) is 22.7 Å². The highest BCUT2D eigenvalue weighted by molar-refractivity contribution is 6.17. The van der Waals surface area contributed by atoms with Crippen LogP contribution in [0.25, 0.3) is 28.1 Å². The summed E-state index contributed by atoms with van der Waals surface area (Å²) in [5.41, 5.74) is 9.07. The van der Waals surface area contributed by atoms with Crippen LogP contribution in [0.4, 0.5) is 0 Å². The van der Waals surface area contributed by atoms with Gasteiger partial charge in [0.1, 0.15) is 0 Å². The maximum atomic E-state index is 6.63. The molecule has 27 heavy (non-hydrogen) atoms. The Labute approximate surface area is 162 Å². The third kappa shape index (κ3) is 2.88. The second kappa shape index (κ2) is 6.73. The SMILES string of the molecule is [B]n1c(/C=C2\N=C(C)C(CC)=C2C)c2cc(C)ccc2c1-c1ccccc1. The lowest BCUT2D eigenvalue weighted by atomic mass is 10.0. The number of benzene rings is 2. The fourth-order valence-corrected chi connectivity index (χ4v) is 4.04. The molecule has 0 atom stereocenters. The fourth-order valence-electron chi connectivity index (χ4n) is 4.04. The summed E-state index contributed by atoms with van der Waals surface area (Å²) in [5.74, 6) is 0. The number of nitrogens with zero attached hydrogens (tertiary/aromatic N) is 2. The summed E-state index contributed by atoms with van der Waals surface area (Å²) in [6, 6.07) is 16.9. The van der Waals surface area contributed by atoms with Gasteiger partial charge in [-0.25, -0.2) is 0 Å². The summed E-state index contributed by atoms with van der Waals surface area (Å²) in [5, 5.41) is 2.33. The van der Waals surface area contributed by atoms with Gasteiger partial charge in [-0.3, -0.25) is 4.99 Å². The molecule has 4 rings (SSSR count). The first-order valence-corrected chi connectivity index (χ1v) is 9.44. The lowest BCUT2D eigenvalue weighted by molar-refractivity contribution is 1.15. The van der Waals surface area contributed by atoms with Gasteiger partial charge in [0.05, 0.1) is 5.70 Å². The molecule has 2 aromatic carbocycles. The van der Waals surface area contributed by atoms with E-state index in [0.717, 1.165) is 45.6 Å². The number of hydrogen-bond donors (Lipinski definition) is 0. The van der Waals surface area contributed by atoms with Crippen molar-refractivity contribution in [3.8, 4) is 11.3 Å². The first-order chi connectivity index (χ1) is 13.0. The van der Waals surface area contributed by atoms with Crippen molar-refractivity contribution in [2.45, 2.75) is 34.1 Å². The predicted octanol–water partition coefficient (Wildman–Crippen LogP) is 6.09. The van der Waals surface area contributed by atoms with E-state index in [-0.39, 0.29) is 0 Å². The van der Waals surface area contributed by atoms with Crippen molar-refractivity contribution in [2.24, 2.45) is 4.99 Å². The van der Waals surface area contributed by atoms with Crippen molar-refractivity contribution in [2.75, 3.05) is 0 Å². The highest BCUT2D eigenvalue weighted by atomic mass is 14.9. The number of hydrogen-bond acceptors (Lipinski definition) is 1. The molecule has 0 spiro atoms. The van der Waals surface area contributed by atoms with Crippen molar-refractivity contribution >= 4 is 30.5 Å². The molecule has 0 amide bonds. The molecule has 0 bridgehead atoms. The van der Waals surface area contributed by atoms with E-state index in [2.05, 4.69) is 64.1 Å². The van der Waals surface area contributed by atoms with Gasteiger partial charge >= 0.3 is 0 Å². The first kappa shape index (κ1) is 17.6. The first-order valence-electron chi connectivity index (χ1n) is 9.44. The summed E-state index contributed by atoms with van der Waals surface area (Å²) < 4.78 is 1.81. The monoisotopic (exact) mass is 350 g/mol. The summed E-state index contributed by atoms with van der Waals surface area (Å²) in [4.78, 5) is 4.80. The molecule has 1 aliphatic heterocycles. The smallest absolute Gasteiger partial charge is 0.234 e. The molecular weight excluding hydrogens is 327 g/mol. The molecule has 0 saturated carbocycles. The predicted molar refractivity (Wildman–Crippen MR) is 117 cm³/mol. The summed E-state index contributed by atoms with van der Waals surface area (Å²) in [7, 11) is 6.63. The van der Waals surface area contributed by atoms with E-state index in [4.69, 9.17) is 13.0 Å². The van der Waals surface area contributed by atoms with Gasteiger partial charge in [0.2, 0.25) is 7.98 Å². The Morgan fingerprint density at radius 1 is 1.00 bits per heavy atom. The van der Waals surface area contributed by atoms with E-state index >= 15 is 0 Å². The molecule has 0 N–H and O–H groups in total. The lowest BCUT2D eigenvalue weighted by Gasteiger charge is -2.07. The van der Waals surface area contributed by atoms with Crippen LogP contribution >= 0.6 is 0 Å². The summed E-state index contributed by atoms with van der Waals surface area (Å²) in [6.45, 7) is 8.53. The molecule has 0 saturated heterocycles. The van der Waals surface area contributed by atoms with Crippen LogP contribution in [0, 0.1) is 6.92 Å². The van der Waals surface area contributed by atoms with Gasteiger partial charge < -0.3 is 4.48 Å². The topological polar surface area (TPSA) is 17.3 Å². The van der Waals surface area contributed by atoms with Crippen LogP contribution in [-0.4, -0.2) is 18.2 Å². The molecule has 3 aromatic rings. The second-order valence-electron chi connectivity index (χ2n) is 7.20. The minimum Gasteiger partial charge on any atom is -0.396 e. The molecule has 2 radical (unpaired) electrons. The van der Waals surface area contributed by atoms with Gasteiger partial charge in [-0.05, 0) is 56.0 Å². The number of aryl methyl sites for hydroxylation is 1. The Morgan fingerprint density at radius 2 is 1.74 bits per heavy atom. The Balaban J connectivity index is 2.00. The molecule has 0 aliphatic carbocycles. The number of aliphatic imine (C=N–C) groups is 1. The van der Waals surface area contributed by atoms with Gasteiger partial charge in [0.15, 0.2) is 0 Å². The number of fused-ring (bicyclic) bond motifs is 1. The molecule has 1 aromatic heterocycles. The van der Waals surface area contributed by atoms with Gasteiger partial charge in [-0.15, -0.1) is 0 Å². The Bertz CT molecular complexity index is 1130. The molecular formula is C24H23BN2. The van der Waals surface area contributed by atoms with Crippen LogP contribution in [0.15, 0.2) is 70.4 Å². The van der Waals surface area contributed by atoms with Crippen LogP contribution in [0.1, 0.15) is 38.4 Å². The maximum Gasteiger partial charge on any atom is 0.234 e.